The number of rotatable bonds is 5. The van der Waals surface area contributed by atoms with Crippen LogP contribution >= 0.6 is 0 Å². The van der Waals surface area contributed by atoms with Crippen molar-refractivity contribution in [1.82, 2.24) is 14.3 Å². The molecule has 0 atom stereocenters. The molecule has 1 fully saturated rings. The topological polar surface area (TPSA) is 92.2 Å². The summed E-state index contributed by atoms with van der Waals surface area (Å²) in [5.41, 5.74) is 1.92. The van der Waals surface area contributed by atoms with Crippen LogP contribution in [-0.4, -0.2) is 35.8 Å². The summed E-state index contributed by atoms with van der Waals surface area (Å²) in [6, 6.07) is 11.2. The van der Waals surface area contributed by atoms with Crippen molar-refractivity contribution in [2.45, 2.75) is 24.3 Å². The SMILES string of the molecule is O=S(=O)(c1ccc(NCc2nc3ccccc3[nH]2)[nH+]c1)N1CCCC1. The molecule has 8 heteroatoms. The van der Waals surface area contributed by atoms with Crippen molar-refractivity contribution < 1.29 is 13.4 Å². The van der Waals surface area contributed by atoms with E-state index in [4.69, 9.17) is 0 Å². The number of anilines is 1. The number of nitrogens with one attached hydrogen (secondary N) is 3. The largest absolute Gasteiger partial charge is 0.339 e. The quantitative estimate of drug-likeness (QED) is 0.727. The predicted molar refractivity (Wildman–Crippen MR) is 94.4 cm³/mol. The molecule has 0 spiro atoms. The molecule has 25 heavy (non-hydrogen) atoms. The maximum atomic E-state index is 12.5. The summed E-state index contributed by atoms with van der Waals surface area (Å²) < 4.78 is 26.5. The fourth-order valence-electron chi connectivity index (χ4n) is 3.03. The Bertz CT molecular complexity index is 943. The summed E-state index contributed by atoms with van der Waals surface area (Å²) in [7, 11) is -3.38. The van der Waals surface area contributed by atoms with Gasteiger partial charge in [-0.2, -0.15) is 4.31 Å². The van der Waals surface area contributed by atoms with Crippen molar-refractivity contribution in [3.05, 3.63) is 48.4 Å². The smallest absolute Gasteiger partial charge is 0.272 e. The number of pyridine rings is 1. The van der Waals surface area contributed by atoms with E-state index in [1.54, 1.807) is 12.1 Å². The zero-order valence-electron chi connectivity index (χ0n) is 13.7. The van der Waals surface area contributed by atoms with Gasteiger partial charge in [0.2, 0.25) is 10.0 Å². The molecular weight excluding hydrogens is 338 g/mol. The lowest BCUT2D eigenvalue weighted by atomic mass is 10.3. The molecule has 1 aromatic carbocycles. The average Bonchev–Trinajstić information content (AvgIpc) is 3.30. The van der Waals surface area contributed by atoms with Crippen LogP contribution in [-0.2, 0) is 16.6 Å². The van der Waals surface area contributed by atoms with Crippen LogP contribution in [0, 0.1) is 0 Å². The fourth-order valence-corrected chi connectivity index (χ4v) is 4.51. The minimum atomic E-state index is -3.38. The third-order valence-electron chi connectivity index (χ3n) is 4.37. The van der Waals surface area contributed by atoms with Gasteiger partial charge in [0.1, 0.15) is 23.5 Å². The van der Waals surface area contributed by atoms with E-state index >= 15 is 0 Å². The third-order valence-corrected chi connectivity index (χ3v) is 6.27. The molecule has 0 radical (unpaired) electrons. The van der Waals surface area contributed by atoms with Gasteiger partial charge in [-0.3, -0.25) is 5.32 Å². The molecule has 2 aromatic heterocycles. The maximum absolute atomic E-state index is 12.5. The molecule has 7 nitrogen and oxygen atoms in total. The highest BCUT2D eigenvalue weighted by Gasteiger charge is 2.28. The second-order valence-corrected chi connectivity index (χ2v) is 8.04. The van der Waals surface area contributed by atoms with Crippen LogP contribution < -0.4 is 10.3 Å². The van der Waals surface area contributed by atoms with Gasteiger partial charge in [0.25, 0.3) is 5.82 Å². The molecule has 0 aliphatic carbocycles. The Morgan fingerprint density at radius 2 is 1.96 bits per heavy atom. The Labute approximate surface area is 146 Å². The third kappa shape index (κ3) is 3.22. The lowest BCUT2D eigenvalue weighted by molar-refractivity contribution is -0.364. The average molecular weight is 358 g/mol. The van der Waals surface area contributed by atoms with Crippen LogP contribution in [0.15, 0.2) is 47.5 Å². The lowest BCUT2D eigenvalue weighted by Crippen LogP contribution is -2.29. The van der Waals surface area contributed by atoms with Gasteiger partial charge in [-0.1, -0.05) is 12.1 Å². The van der Waals surface area contributed by atoms with E-state index in [1.165, 1.54) is 10.5 Å². The van der Waals surface area contributed by atoms with Crippen molar-refractivity contribution in [3.8, 4) is 0 Å². The van der Waals surface area contributed by atoms with E-state index in [2.05, 4.69) is 20.3 Å². The summed E-state index contributed by atoms with van der Waals surface area (Å²) in [4.78, 5) is 11.1. The van der Waals surface area contributed by atoms with E-state index in [0.717, 1.165) is 35.5 Å². The van der Waals surface area contributed by atoms with E-state index in [-0.39, 0.29) is 0 Å². The number of nitrogens with zero attached hydrogens (tertiary/aromatic N) is 2. The molecular formula is C17H20N5O2S+. The molecule has 3 N–H and O–H groups in total. The molecule has 1 saturated heterocycles. The standard InChI is InChI=1S/C17H19N5O2S/c23-25(24,22-9-3-4-10-22)13-7-8-16(18-11-13)19-12-17-20-14-5-1-2-6-15(14)21-17/h1-2,5-8,11H,3-4,9-10,12H2,(H,18,19)(H,20,21)/p+1. The van der Waals surface area contributed by atoms with Gasteiger partial charge in [-0.05, 0) is 31.0 Å². The Morgan fingerprint density at radius 1 is 1.16 bits per heavy atom. The van der Waals surface area contributed by atoms with Crippen LogP contribution in [0.2, 0.25) is 0 Å². The van der Waals surface area contributed by atoms with E-state index in [0.29, 0.717) is 24.5 Å². The second kappa shape index (κ2) is 6.45. The molecule has 1 aliphatic rings. The minimum absolute atomic E-state index is 0.295. The van der Waals surface area contributed by atoms with Gasteiger partial charge in [0.05, 0.1) is 11.0 Å². The molecule has 0 unspecified atom stereocenters. The van der Waals surface area contributed by atoms with Gasteiger partial charge >= 0.3 is 0 Å². The normalized spacial score (nSPS) is 15.7. The number of imidazole rings is 1. The number of aromatic amines is 2. The van der Waals surface area contributed by atoms with Crippen molar-refractivity contribution in [2.75, 3.05) is 18.4 Å². The molecule has 0 amide bonds. The number of sulfonamides is 1. The number of hydrogen-bond acceptors (Lipinski definition) is 4. The first-order valence-corrected chi connectivity index (χ1v) is 9.76. The number of para-hydroxylation sites is 2. The van der Waals surface area contributed by atoms with Crippen LogP contribution in [0.3, 0.4) is 0 Å². The highest BCUT2D eigenvalue weighted by atomic mass is 32.2. The summed E-state index contributed by atoms with van der Waals surface area (Å²) in [6.07, 6.45) is 3.40. The number of aromatic nitrogens is 3. The molecule has 0 bridgehead atoms. The van der Waals surface area contributed by atoms with Crippen molar-refractivity contribution >= 4 is 26.9 Å². The Morgan fingerprint density at radius 3 is 2.68 bits per heavy atom. The molecule has 3 heterocycles. The van der Waals surface area contributed by atoms with Gasteiger partial charge in [-0.15, -0.1) is 0 Å². The second-order valence-electron chi connectivity index (χ2n) is 6.10. The zero-order chi connectivity index (χ0) is 17.3. The Hall–Kier alpha value is -2.45. The van der Waals surface area contributed by atoms with Crippen LogP contribution in [0.5, 0.6) is 0 Å². The summed E-state index contributed by atoms with van der Waals surface area (Å²) in [5, 5.41) is 3.21. The van der Waals surface area contributed by atoms with Gasteiger partial charge in [0, 0.05) is 19.2 Å². The number of benzene rings is 1. The van der Waals surface area contributed by atoms with Crippen molar-refractivity contribution in [3.63, 3.8) is 0 Å². The first-order valence-electron chi connectivity index (χ1n) is 8.32. The number of fused-ring (bicyclic) bond motifs is 1. The minimum Gasteiger partial charge on any atom is -0.339 e. The van der Waals surface area contributed by atoms with Gasteiger partial charge in [0.15, 0.2) is 0 Å². The molecule has 0 saturated carbocycles. The lowest BCUT2D eigenvalue weighted by Gasteiger charge is -2.14. The highest BCUT2D eigenvalue weighted by molar-refractivity contribution is 7.89. The molecule has 1 aliphatic heterocycles. The summed E-state index contributed by atoms with van der Waals surface area (Å²) in [5.74, 6) is 1.56. The molecule has 4 rings (SSSR count). The fraction of sp³-hybridized carbons (Fsp3) is 0.294. The Balaban J connectivity index is 1.45. The van der Waals surface area contributed by atoms with E-state index in [9.17, 15) is 8.42 Å². The summed E-state index contributed by atoms with van der Waals surface area (Å²) in [6.45, 7) is 1.73. The van der Waals surface area contributed by atoms with Crippen LogP contribution in [0.1, 0.15) is 18.7 Å². The monoisotopic (exact) mass is 358 g/mol. The van der Waals surface area contributed by atoms with Crippen LogP contribution in [0.4, 0.5) is 5.82 Å². The van der Waals surface area contributed by atoms with E-state index in [1.807, 2.05) is 24.3 Å². The predicted octanol–water partition coefficient (Wildman–Crippen LogP) is 1.77. The van der Waals surface area contributed by atoms with Crippen LogP contribution in [0.25, 0.3) is 11.0 Å². The Kier molecular flexibility index (Phi) is 4.14. The van der Waals surface area contributed by atoms with Gasteiger partial charge < -0.3 is 4.98 Å². The highest BCUT2D eigenvalue weighted by Crippen LogP contribution is 2.20. The summed E-state index contributed by atoms with van der Waals surface area (Å²) >= 11 is 0. The van der Waals surface area contributed by atoms with Crippen molar-refractivity contribution in [2.24, 2.45) is 0 Å². The number of H-pyrrole nitrogens is 2. The zero-order valence-corrected chi connectivity index (χ0v) is 14.5. The maximum Gasteiger partial charge on any atom is 0.272 e. The van der Waals surface area contributed by atoms with Gasteiger partial charge in [-0.25, -0.2) is 18.4 Å². The molecule has 3 aromatic rings. The van der Waals surface area contributed by atoms with E-state index < -0.39 is 10.0 Å². The molecule has 130 valence electrons. The number of hydrogen-bond donors (Lipinski definition) is 2. The first-order chi connectivity index (χ1) is 12.1. The van der Waals surface area contributed by atoms with Crippen molar-refractivity contribution in [1.29, 1.82) is 0 Å². The first kappa shape index (κ1) is 16.0.